The molecule has 0 saturated carbocycles. The number of esters is 1. The van der Waals surface area contributed by atoms with Crippen LogP contribution in [0.25, 0.3) is 10.2 Å². The Balaban J connectivity index is 1.82. The molecule has 8 heteroatoms. The molecule has 134 valence electrons. The molecule has 26 heavy (non-hydrogen) atoms. The van der Waals surface area contributed by atoms with Crippen LogP contribution >= 0.6 is 34.7 Å². The van der Waals surface area contributed by atoms with Gasteiger partial charge in [0, 0.05) is 9.92 Å². The van der Waals surface area contributed by atoms with Crippen LogP contribution in [0.4, 0.5) is 5.13 Å². The number of fused-ring (bicyclic) bond motifs is 1. The van der Waals surface area contributed by atoms with Crippen molar-refractivity contribution in [1.29, 1.82) is 0 Å². The van der Waals surface area contributed by atoms with E-state index in [9.17, 15) is 9.59 Å². The van der Waals surface area contributed by atoms with E-state index < -0.39 is 5.25 Å². The molecule has 1 heterocycles. The van der Waals surface area contributed by atoms with E-state index in [1.807, 2.05) is 18.2 Å². The first-order chi connectivity index (χ1) is 12.5. The summed E-state index contributed by atoms with van der Waals surface area (Å²) in [5.41, 5.74) is 1.25. The number of amides is 1. The smallest absolute Gasteiger partial charge is 0.318 e. The Morgan fingerprint density at radius 2 is 2.04 bits per heavy atom. The molecule has 0 spiro atoms. The van der Waals surface area contributed by atoms with Crippen LogP contribution in [0, 0.1) is 0 Å². The molecule has 0 fully saturated rings. The van der Waals surface area contributed by atoms with Gasteiger partial charge in [0.15, 0.2) is 5.13 Å². The molecule has 3 rings (SSSR count). The lowest BCUT2D eigenvalue weighted by atomic mass is 10.2. The van der Waals surface area contributed by atoms with Gasteiger partial charge >= 0.3 is 5.97 Å². The summed E-state index contributed by atoms with van der Waals surface area (Å²) in [5, 5.41) is 3.52. The SMILES string of the molecule is COC(=O)C(C)Sc1ccccc1C(=O)Nc1nc2ccc(Cl)cc2s1. The number of thiazole rings is 1. The average Bonchev–Trinajstić information content (AvgIpc) is 3.02. The number of halogens is 1. The minimum absolute atomic E-state index is 0.282. The number of nitrogens with zero attached hydrogens (tertiary/aromatic N) is 1. The zero-order valence-electron chi connectivity index (χ0n) is 14.0. The van der Waals surface area contributed by atoms with Crippen molar-refractivity contribution in [3.05, 3.63) is 53.1 Å². The van der Waals surface area contributed by atoms with E-state index in [2.05, 4.69) is 10.3 Å². The zero-order valence-corrected chi connectivity index (χ0v) is 16.4. The van der Waals surface area contributed by atoms with E-state index in [4.69, 9.17) is 16.3 Å². The second kappa shape index (κ2) is 8.07. The highest BCUT2D eigenvalue weighted by Gasteiger charge is 2.19. The number of nitrogens with one attached hydrogen (secondary N) is 1. The van der Waals surface area contributed by atoms with Crippen LogP contribution in [0.2, 0.25) is 5.02 Å². The topological polar surface area (TPSA) is 68.3 Å². The third-order valence-corrected chi connectivity index (χ3v) is 5.86. The normalized spacial score (nSPS) is 12.0. The van der Waals surface area contributed by atoms with Gasteiger partial charge in [0.1, 0.15) is 5.25 Å². The van der Waals surface area contributed by atoms with E-state index in [1.165, 1.54) is 30.2 Å². The molecule has 0 bridgehead atoms. The Bertz CT molecular complexity index is 974. The molecule has 2 aromatic carbocycles. The molecule has 0 aliphatic rings. The molecular weight excluding hydrogens is 392 g/mol. The van der Waals surface area contributed by atoms with Crippen LogP contribution in [0.1, 0.15) is 17.3 Å². The van der Waals surface area contributed by atoms with Crippen molar-refractivity contribution in [2.45, 2.75) is 17.1 Å². The van der Waals surface area contributed by atoms with Crippen LogP contribution in [0.3, 0.4) is 0 Å². The van der Waals surface area contributed by atoms with Crippen molar-refractivity contribution >= 4 is 61.9 Å². The summed E-state index contributed by atoms with van der Waals surface area (Å²) in [6.07, 6.45) is 0. The van der Waals surface area contributed by atoms with Crippen LogP contribution in [-0.2, 0) is 9.53 Å². The predicted octanol–water partition coefficient (Wildman–Crippen LogP) is 4.86. The first-order valence-corrected chi connectivity index (χ1v) is 9.76. The van der Waals surface area contributed by atoms with Gasteiger partial charge in [-0.1, -0.05) is 35.1 Å². The number of benzene rings is 2. The maximum atomic E-state index is 12.7. The van der Waals surface area contributed by atoms with Crippen molar-refractivity contribution in [2.24, 2.45) is 0 Å². The fourth-order valence-electron chi connectivity index (χ4n) is 2.28. The van der Waals surface area contributed by atoms with Gasteiger partial charge in [0.2, 0.25) is 0 Å². The van der Waals surface area contributed by atoms with Gasteiger partial charge in [-0.15, -0.1) is 11.8 Å². The molecule has 1 aromatic heterocycles. The van der Waals surface area contributed by atoms with Crippen molar-refractivity contribution in [3.8, 4) is 0 Å². The fraction of sp³-hybridized carbons (Fsp3) is 0.167. The molecule has 0 radical (unpaired) electrons. The van der Waals surface area contributed by atoms with E-state index in [0.29, 0.717) is 20.6 Å². The molecule has 0 aliphatic carbocycles. The number of thioether (sulfide) groups is 1. The highest BCUT2D eigenvalue weighted by Crippen LogP contribution is 2.31. The van der Waals surface area contributed by atoms with Crippen molar-refractivity contribution in [3.63, 3.8) is 0 Å². The number of hydrogen-bond acceptors (Lipinski definition) is 6. The van der Waals surface area contributed by atoms with Crippen LogP contribution in [0.15, 0.2) is 47.4 Å². The average molecular weight is 407 g/mol. The van der Waals surface area contributed by atoms with E-state index >= 15 is 0 Å². The standard InChI is InChI=1S/C18H15ClN2O3S2/c1-10(17(23)24-2)25-14-6-4-3-5-12(14)16(22)21-18-20-13-8-7-11(19)9-15(13)26-18/h3-10H,1-2H3,(H,20,21,22). The first-order valence-electron chi connectivity index (χ1n) is 7.69. The summed E-state index contributed by atoms with van der Waals surface area (Å²) in [4.78, 5) is 29.5. The molecule has 5 nitrogen and oxygen atoms in total. The predicted molar refractivity (Wildman–Crippen MR) is 106 cm³/mol. The van der Waals surface area contributed by atoms with E-state index in [0.717, 1.165) is 10.2 Å². The summed E-state index contributed by atoms with van der Waals surface area (Å²) in [6.45, 7) is 1.74. The summed E-state index contributed by atoms with van der Waals surface area (Å²) in [5.74, 6) is -0.622. The molecule has 1 N–H and O–H groups in total. The fourth-order valence-corrected chi connectivity index (χ4v) is 4.43. The van der Waals surface area contributed by atoms with Gasteiger partial charge in [0.05, 0.1) is 22.9 Å². The van der Waals surface area contributed by atoms with Crippen LogP contribution < -0.4 is 5.32 Å². The highest BCUT2D eigenvalue weighted by molar-refractivity contribution is 8.00. The van der Waals surface area contributed by atoms with Gasteiger partial charge in [-0.3, -0.25) is 14.9 Å². The lowest BCUT2D eigenvalue weighted by Gasteiger charge is -2.12. The summed E-state index contributed by atoms with van der Waals surface area (Å²) in [7, 11) is 1.34. The molecule has 3 aromatic rings. The van der Waals surface area contributed by atoms with Crippen molar-refractivity contribution in [2.75, 3.05) is 12.4 Å². The number of aromatic nitrogens is 1. The summed E-state index contributed by atoms with van der Waals surface area (Å²) in [6, 6.07) is 12.5. The summed E-state index contributed by atoms with van der Waals surface area (Å²) >= 11 is 8.62. The van der Waals surface area contributed by atoms with Gasteiger partial charge in [-0.25, -0.2) is 4.98 Å². The molecule has 0 saturated heterocycles. The summed E-state index contributed by atoms with van der Waals surface area (Å²) < 4.78 is 5.64. The number of rotatable bonds is 5. The number of carbonyl (C=O) groups is 2. The molecule has 1 amide bonds. The number of methoxy groups -OCH3 is 1. The maximum Gasteiger partial charge on any atom is 0.318 e. The van der Waals surface area contributed by atoms with Crippen LogP contribution in [-0.4, -0.2) is 29.2 Å². The second-order valence-corrected chi connectivity index (χ2v) is 8.21. The number of hydrogen-bond donors (Lipinski definition) is 1. The maximum absolute atomic E-state index is 12.7. The third kappa shape index (κ3) is 4.17. The van der Waals surface area contributed by atoms with E-state index in [1.54, 1.807) is 31.2 Å². The Hall–Kier alpha value is -2.09. The molecular formula is C18H15ClN2O3S2. The lowest BCUT2D eigenvalue weighted by molar-refractivity contribution is -0.139. The Morgan fingerprint density at radius 3 is 2.81 bits per heavy atom. The Morgan fingerprint density at radius 1 is 1.27 bits per heavy atom. The quantitative estimate of drug-likeness (QED) is 0.484. The lowest BCUT2D eigenvalue weighted by Crippen LogP contribution is -2.17. The second-order valence-electron chi connectivity index (χ2n) is 5.36. The monoisotopic (exact) mass is 406 g/mol. The number of ether oxygens (including phenoxy) is 1. The highest BCUT2D eigenvalue weighted by atomic mass is 35.5. The first kappa shape index (κ1) is 18.7. The minimum atomic E-state index is -0.418. The van der Waals surface area contributed by atoms with E-state index in [-0.39, 0.29) is 11.9 Å². The molecule has 0 aliphatic heterocycles. The van der Waals surface area contributed by atoms with Crippen molar-refractivity contribution in [1.82, 2.24) is 4.98 Å². The van der Waals surface area contributed by atoms with Gasteiger partial charge in [0.25, 0.3) is 5.91 Å². The Kier molecular flexibility index (Phi) is 5.80. The number of anilines is 1. The van der Waals surface area contributed by atoms with Crippen molar-refractivity contribution < 1.29 is 14.3 Å². The Labute approximate surface area is 163 Å². The van der Waals surface area contributed by atoms with Gasteiger partial charge in [-0.2, -0.15) is 0 Å². The largest absolute Gasteiger partial charge is 0.468 e. The number of carbonyl (C=O) groups excluding carboxylic acids is 2. The van der Waals surface area contributed by atoms with Gasteiger partial charge in [-0.05, 0) is 37.3 Å². The minimum Gasteiger partial charge on any atom is -0.468 e. The zero-order chi connectivity index (χ0) is 18.7. The third-order valence-electron chi connectivity index (χ3n) is 3.54. The molecule has 1 atom stereocenters. The van der Waals surface area contributed by atoms with Crippen LogP contribution in [0.5, 0.6) is 0 Å². The van der Waals surface area contributed by atoms with Gasteiger partial charge < -0.3 is 4.74 Å². The molecule has 1 unspecified atom stereocenters.